The number of rotatable bonds is 6. The van der Waals surface area contributed by atoms with Crippen LogP contribution in [0, 0.1) is 13.8 Å². The smallest absolute Gasteiger partial charge is 0.182 e. The van der Waals surface area contributed by atoms with Crippen LogP contribution in [0.2, 0.25) is 0 Å². The van der Waals surface area contributed by atoms with Crippen LogP contribution in [0.3, 0.4) is 0 Å². The number of benzene rings is 1. The van der Waals surface area contributed by atoms with Gasteiger partial charge in [-0.05, 0) is 25.0 Å². The minimum absolute atomic E-state index is 0.907. The van der Waals surface area contributed by atoms with Crippen molar-refractivity contribution < 1.29 is 4.42 Å². The normalized spacial score (nSPS) is 10.4. The molecule has 0 aliphatic rings. The predicted molar refractivity (Wildman–Crippen MR) is 87.2 cm³/mol. The summed E-state index contributed by atoms with van der Waals surface area (Å²) in [5.74, 6) is 0. The average molecular weight is 275 g/mol. The molecule has 2 heteroatoms. The third kappa shape index (κ3) is 5.36. The van der Waals surface area contributed by atoms with Gasteiger partial charge in [-0.25, -0.2) is 4.98 Å². The molecule has 0 spiro atoms. The van der Waals surface area contributed by atoms with Crippen molar-refractivity contribution in [3.8, 4) is 0 Å². The molecule has 20 heavy (non-hydrogen) atoms. The summed E-state index contributed by atoms with van der Waals surface area (Å²) in [6.45, 7) is 8.58. The van der Waals surface area contributed by atoms with Gasteiger partial charge in [0, 0.05) is 0 Å². The van der Waals surface area contributed by atoms with E-state index in [2.05, 4.69) is 24.9 Å². The third-order valence-electron chi connectivity index (χ3n) is 3.59. The van der Waals surface area contributed by atoms with Gasteiger partial charge in [0.2, 0.25) is 0 Å². The van der Waals surface area contributed by atoms with E-state index in [1.54, 1.807) is 0 Å². The highest BCUT2D eigenvalue weighted by Gasteiger charge is 2.03. The van der Waals surface area contributed by atoms with E-state index >= 15 is 0 Å². The molecule has 0 saturated carbocycles. The molecule has 112 valence electrons. The molecule has 2 nitrogen and oxygen atoms in total. The number of hydrogen-bond donors (Lipinski definition) is 0. The van der Waals surface area contributed by atoms with Crippen LogP contribution in [-0.2, 0) is 0 Å². The van der Waals surface area contributed by atoms with Crippen LogP contribution in [0.15, 0.2) is 22.9 Å². The van der Waals surface area contributed by atoms with Crippen LogP contribution in [0.4, 0.5) is 0 Å². The number of hydrogen-bond acceptors (Lipinski definition) is 2. The molecule has 1 aromatic heterocycles. The zero-order valence-electron chi connectivity index (χ0n) is 13.5. The lowest BCUT2D eigenvalue weighted by Gasteiger charge is -1.96. The number of oxazole rings is 1. The van der Waals surface area contributed by atoms with E-state index in [4.69, 9.17) is 4.42 Å². The molecular formula is C18H29NO. The minimum atomic E-state index is 0.907. The highest BCUT2D eigenvalue weighted by atomic mass is 16.3. The second-order valence-electron chi connectivity index (χ2n) is 5.50. The third-order valence-corrected chi connectivity index (χ3v) is 3.59. The Morgan fingerprint density at radius 3 is 1.95 bits per heavy atom. The molecule has 0 aliphatic heterocycles. The molecular weight excluding hydrogens is 246 g/mol. The number of unbranched alkanes of at least 4 members (excludes halogenated alkanes) is 6. The van der Waals surface area contributed by atoms with Gasteiger partial charge in [0.25, 0.3) is 0 Å². The maximum atomic E-state index is 5.22. The molecule has 0 aliphatic carbocycles. The van der Waals surface area contributed by atoms with E-state index in [0.29, 0.717) is 0 Å². The number of fused-ring (bicyclic) bond motifs is 1. The van der Waals surface area contributed by atoms with Crippen molar-refractivity contribution in [3.05, 3.63) is 29.7 Å². The Morgan fingerprint density at radius 2 is 1.40 bits per heavy atom. The molecule has 2 rings (SSSR count). The topological polar surface area (TPSA) is 26.0 Å². The largest absolute Gasteiger partial charge is 0.443 e. The van der Waals surface area contributed by atoms with Gasteiger partial charge < -0.3 is 4.42 Å². The quantitative estimate of drug-likeness (QED) is 0.586. The van der Waals surface area contributed by atoms with E-state index in [1.165, 1.54) is 56.9 Å². The standard InChI is InChI=1S/C9H9NO.C9H20/c1-6-3-4-7(2)9-8(6)10-5-11-9;1-3-5-7-9-8-6-4-2/h3-5H,1-2H3;3-9H2,1-2H3. The molecule has 1 heterocycles. The average Bonchev–Trinajstić information content (AvgIpc) is 2.94. The van der Waals surface area contributed by atoms with Crippen LogP contribution >= 0.6 is 0 Å². The number of aryl methyl sites for hydroxylation is 2. The van der Waals surface area contributed by atoms with Crippen molar-refractivity contribution >= 4 is 11.1 Å². The van der Waals surface area contributed by atoms with Crippen molar-refractivity contribution in [1.82, 2.24) is 4.98 Å². The summed E-state index contributed by atoms with van der Waals surface area (Å²) >= 11 is 0. The van der Waals surface area contributed by atoms with E-state index < -0.39 is 0 Å². The van der Waals surface area contributed by atoms with Gasteiger partial charge in [0.15, 0.2) is 12.0 Å². The second kappa shape index (κ2) is 9.57. The lowest BCUT2D eigenvalue weighted by molar-refractivity contribution is 0.600. The maximum absolute atomic E-state index is 5.22. The van der Waals surface area contributed by atoms with Crippen LogP contribution in [0.1, 0.15) is 69.9 Å². The highest BCUT2D eigenvalue weighted by molar-refractivity contribution is 5.78. The number of nitrogens with zero attached hydrogens (tertiary/aromatic N) is 1. The molecule has 0 amide bonds. The Balaban J connectivity index is 0.000000206. The Hall–Kier alpha value is -1.31. The molecule has 0 saturated heterocycles. The van der Waals surface area contributed by atoms with Gasteiger partial charge in [-0.15, -0.1) is 0 Å². The van der Waals surface area contributed by atoms with Gasteiger partial charge in [0.1, 0.15) is 5.52 Å². The van der Waals surface area contributed by atoms with E-state index in [9.17, 15) is 0 Å². The molecule has 0 atom stereocenters. The van der Waals surface area contributed by atoms with Gasteiger partial charge in [-0.3, -0.25) is 0 Å². The maximum Gasteiger partial charge on any atom is 0.182 e. The van der Waals surface area contributed by atoms with Gasteiger partial charge in [-0.2, -0.15) is 0 Å². The van der Waals surface area contributed by atoms with Crippen molar-refractivity contribution in [1.29, 1.82) is 0 Å². The van der Waals surface area contributed by atoms with E-state index in [-0.39, 0.29) is 0 Å². The first-order valence-corrected chi connectivity index (χ1v) is 8.00. The molecule has 0 bridgehead atoms. The molecule has 0 radical (unpaired) electrons. The first-order chi connectivity index (χ1) is 9.70. The SMILES string of the molecule is CCCCCCCCC.Cc1ccc(C)c2ocnc12. The van der Waals surface area contributed by atoms with Gasteiger partial charge in [-0.1, -0.05) is 70.9 Å². The van der Waals surface area contributed by atoms with Crippen molar-refractivity contribution in [3.63, 3.8) is 0 Å². The van der Waals surface area contributed by atoms with Crippen molar-refractivity contribution in [2.45, 2.75) is 72.6 Å². The predicted octanol–water partition coefficient (Wildman–Crippen LogP) is 6.20. The van der Waals surface area contributed by atoms with Crippen molar-refractivity contribution in [2.24, 2.45) is 0 Å². The van der Waals surface area contributed by atoms with Crippen LogP contribution in [-0.4, -0.2) is 4.98 Å². The van der Waals surface area contributed by atoms with Gasteiger partial charge >= 0.3 is 0 Å². The summed E-state index contributed by atoms with van der Waals surface area (Å²) < 4.78 is 5.22. The molecule has 0 unspecified atom stereocenters. The lowest BCUT2D eigenvalue weighted by Crippen LogP contribution is -1.78. The minimum Gasteiger partial charge on any atom is -0.443 e. The molecule has 1 aromatic carbocycles. The van der Waals surface area contributed by atoms with Crippen LogP contribution in [0.25, 0.3) is 11.1 Å². The summed E-state index contributed by atoms with van der Waals surface area (Å²) in [5.41, 5.74) is 4.19. The summed E-state index contributed by atoms with van der Waals surface area (Å²) in [7, 11) is 0. The summed E-state index contributed by atoms with van der Waals surface area (Å²) in [4.78, 5) is 4.11. The zero-order chi connectivity index (χ0) is 14.8. The fourth-order valence-corrected chi connectivity index (χ4v) is 2.24. The monoisotopic (exact) mass is 275 g/mol. The Kier molecular flexibility index (Phi) is 8.01. The van der Waals surface area contributed by atoms with E-state index in [0.717, 1.165) is 16.7 Å². The molecule has 0 N–H and O–H groups in total. The van der Waals surface area contributed by atoms with E-state index in [1.807, 2.05) is 19.9 Å². The van der Waals surface area contributed by atoms with Crippen LogP contribution < -0.4 is 0 Å². The Morgan fingerprint density at radius 1 is 0.850 bits per heavy atom. The van der Waals surface area contributed by atoms with Gasteiger partial charge in [0.05, 0.1) is 0 Å². The first kappa shape index (κ1) is 16.7. The summed E-state index contributed by atoms with van der Waals surface area (Å²) in [5, 5.41) is 0. The fraction of sp³-hybridized carbons (Fsp3) is 0.611. The summed E-state index contributed by atoms with van der Waals surface area (Å²) in [6, 6.07) is 4.10. The lowest BCUT2D eigenvalue weighted by atomic mass is 10.1. The summed E-state index contributed by atoms with van der Waals surface area (Å²) in [6.07, 6.45) is 11.5. The Bertz CT molecular complexity index is 445. The Labute approximate surface area is 123 Å². The zero-order valence-corrected chi connectivity index (χ0v) is 13.5. The number of aromatic nitrogens is 1. The first-order valence-electron chi connectivity index (χ1n) is 8.00. The second-order valence-corrected chi connectivity index (χ2v) is 5.50. The highest BCUT2D eigenvalue weighted by Crippen LogP contribution is 2.19. The molecule has 0 fully saturated rings. The van der Waals surface area contributed by atoms with Crippen LogP contribution in [0.5, 0.6) is 0 Å². The molecule has 2 aromatic rings. The van der Waals surface area contributed by atoms with Crippen molar-refractivity contribution in [2.75, 3.05) is 0 Å². The fourth-order valence-electron chi connectivity index (χ4n) is 2.24.